The van der Waals surface area contributed by atoms with E-state index in [9.17, 15) is 0 Å². The van der Waals surface area contributed by atoms with E-state index in [1.165, 1.54) is 84.6 Å². The molecule has 3 heteroatoms. The normalized spacial score (nSPS) is 36.8. The second-order valence-corrected chi connectivity index (χ2v) is 19.0. The maximum absolute atomic E-state index is 3.01. The van der Waals surface area contributed by atoms with Gasteiger partial charge in [0.25, 0.3) is 0 Å². The largest absolute Gasteiger partial charge is 0.361 e. The van der Waals surface area contributed by atoms with Gasteiger partial charge in [0.2, 0.25) is 0 Å². The highest BCUT2D eigenvalue weighted by atomic mass is 15.3. The molecule has 3 fully saturated rings. The second-order valence-electron chi connectivity index (χ2n) is 19.0. The topological polar surface area (TPSA) is 9.72 Å². The van der Waals surface area contributed by atoms with Crippen LogP contribution in [0.15, 0.2) is 169 Å². The van der Waals surface area contributed by atoms with Crippen LogP contribution in [0.1, 0.15) is 75.7 Å². The van der Waals surface area contributed by atoms with Crippen LogP contribution >= 0.6 is 0 Å². The lowest BCUT2D eigenvalue weighted by Gasteiger charge is -2.57. The van der Waals surface area contributed by atoms with Crippen molar-refractivity contribution in [3.8, 4) is 0 Å². The minimum atomic E-state index is 0.0793. The van der Waals surface area contributed by atoms with Gasteiger partial charge in [-0.25, -0.2) is 0 Å². The number of hydrogen-bond donors (Lipinski definition) is 0. The van der Waals surface area contributed by atoms with Gasteiger partial charge in [0.15, 0.2) is 0 Å². The predicted octanol–water partition coefficient (Wildman–Crippen LogP) is 13.0. The van der Waals surface area contributed by atoms with Gasteiger partial charge in [-0.3, -0.25) is 0 Å². The molecule has 3 aromatic carbocycles. The van der Waals surface area contributed by atoms with Crippen molar-refractivity contribution >= 4 is 28.4 Å². The molecule has 0 aromatic heterocycles. The molecule has 8 aliphatic carbocycles. The van der Waals surface area contributed by atoms with Crippen molar-refractivity contribution in [3.63, 3.8) is 0 Å². The Morgan fingerprint density at radius 1 is 0.719 bits per heavy atom. The Balaban J connectivity index is 0.957. The number of fused-ring (bicyclic) bond motifs is 5. The molecule has 13 aliphatic rings. The van der Waals surface area contributed by atoms with Crippen LogP contribution < -0.4 is 14.7 Å². The van der Waals surface area contributed by atoms with Crippen LogP contribution in [0.5, 0.6) is 0 Å². The Morgan fingerprint density at radius 2 is 1.65 bits per heavy atom. The average Bonchev–Trinajstić information content (AvgIpc) is 3.41. The fraction of sp³-hybridized carbons (Fsp3) is 0.370. The Hall–Kier alpha value is -5.02. The lowest BCUT2D eigenvalue weighted by molar-refractivity contribution is 0.180. The monoisotopic (exact) mass is 743 g/mol. The molecule has 7 unspecified atom stereocenters. The van der Waals surface area contributed by atoms with E-state index in [1.54, 1.807) is 11.1 Å². The summed E-state index contributed by atoms with van der Waals surface area (Å²) in [5.41, 5.74) is 13.1. The van der Waals surface area contributed by atoms with Crippen molar-refractivity contribution in [2.24, 2.45) is 35.0 Å². The quantitative estimate of drug-likeness (QED) is 0.246. The van der Waals surface area contributed by atoms with E-state index in [2.05, 4.69) is 166 Å². The summed E-state index contributed by atoms with van der Waals surface area (Å²) in [6.07, 6.45) is 45.1. The van der Waals surface area contributed by atoms with Gasteiger partial charge in [-0.2, -0.15) is 0 Å². The fourth-order valence-electron chi connectivity index (χ4n) is 14.3. The highest BCUT2D eigenvalue weighted by molar-refractivity contribution is 5.84. The van der Waals surface area contributed by atoms with Gasteiger partial charge in [0.05, 0.1) is 11.6 Å². The predicted molar refractivity (Wildman–Crippen MR) is 235 cm³/mol. The third-order valence-corrected chi connectivity index (χ3v) is 16.7. The minimum absolute atomic E-state index is 0.0793. The van der Waals surface area contributed by atoms with Crippen molar-refractivity contribution < 1.29 is 0 Å². The van der Waals surface area contributed by atoms with Crippen molar-refractivity contribution in [2.75, 3.05) is 14.7 Å². The first-order chi connectivity index (χ1) is 28.2. The number of allylic oxidation sites excluding steroid dienone is 11. The molecule has 57 heavy (non-hydrogen) atoms. The van der Waals surface area contributed by atoms with E-state index in [1.807, 2.05) is 0 Å². The van der Waals surface area contributed by atoms with Crippen molar-refractivity contribution in [1.82, 2.24) is 0 Å². The summed E-state index contributed by atoms with van der Waals surface area (Å²) in [4.78, 5) is 8.31. The second kappa shape index (κ2) is 12.2. The van der Waals surface area contributed by atoms with Crippen molar-refractivity contribution in [1.29, 1.82) is 0 Å². The molecule has 3 aromatic rings. The average molecular weight is 744 g/mol. The van der Waals surface area contributed by atoms with E-state index >= 15 is 0 Å². The smallest absolute Gasteiger partial charge is 0.0573 e. The maximum atomic E-state index is 3.01. The number of para-hydroxylation sites is 1. The van der Waals surface area contributed by atoms with Crippen LogP contribution in [0.2, 0.25) is 0 Å². The van der Waals surface area contributed by atoms with Crippen LogP contribution in [-0.4, -0.2) is 17.6 Å². The Bertz CT molecular complexity index is 2420. The molecule has 0 N–H and O–H groups in total. The zero-order chi connectivity index (χ0) is 37.3. The number of nitrogens with zero attached hydrogens (tertiary/aromatic N) is 3. The molecule has 12 bridgehead atoms. The molecule has 0 amide bonds. The van der Waals surface area contributed by atoms with E-state index in [-0.39, 0.29) is 11.0 Å². The van der Waals surface area contributed by atoms with E-state index in [4.69, 9.17) is 0 Å². The summed E-state index contributed by atoms with van der Waals surface area (Å²) in [5.74, 6) is 3.27. The van der Waals surface area contributed by atoms with Crippen LogP contribution in [0.3, 0.4) is 0 Å². The Labute approximate surface area is 338 Å². The lowest BCUT2D eigenvalue weighted by atomic mass is 9.58. The van der Waals surface area contributed by atoms with Gasteiger partial charge in [0.1, 0.15) is 0 Å². The van der Waals surface area contributed by atoms with E-state index < -0.39 is 0 Å². The minimum Gasteiger partial charge on any atom is -0.361 e. The number of anilines is 5. The van der Waals surface area contributed by atoms with Crippen molar-refractivity contribution in [3.05, 3.63) is 174 Å². The van der Waals surface area contributed by atoms with E-state index in [0.29, 0.717) is 47.6 Å². The first-order valence-electron chi connectivity index (χ1n) is 22.4. The highest BCUT2D eigenvalue weighted by Crippen LogP contribution is 2.66. The molecule has 5 aliphatic heterocycles. The number of rotatable bonds is 4. The first-order valence-corrected chi connectivity index (χ1v) is 22.4. The van der Waals surface area contributed by atoms with Gasteiger partial charge in [-0.15, -0.1) is 0 Å². The molecule has 2 saturated heterocycles. The molecule has 1 saturated carbocycles. The summed E-state index contributed by atoms with van der Waals surface area (Å²) in [6, 6.07) is 29.3. The summed E-state index contributed by atoms with van der Waals surface area (Å²) in [6.45, 7) is 0. The fourth-order valence-corrected chi connectivity index (χ4v) is 14.3. The Morgan fingerprint density at radius 3 is 2.51 bits per heavy atom. The third kappa shape index (κ3) is 4.55. The third-order valence-electron chi connectivity index (χ3n) is 16.7. The maximum Gasteiger partial charge on any atom is 0.0573 e. The molecular weight excluding hydrogens is 691 g/mol. The van der Waals surface area contributed by atoms with Crippen LogP contribution in [0.4, 0.5) is 28.4 Å². The summed E-state index contributed by atoms with van der Waals surface area (Å²) in [7, 11) is 0. The molecule has 0 radical (unpaired) electrons. The number of benzene rings is 3. The standard InChI is InChI=1S/C54H53N3/c1-2-10-40(11-3-1)55(43-12-6-13-45(33-43)57-42-24-20-39(21-25-42)53-31-28-36(29-32-53)38-9-8-30-54(53,57)35-38)44-26-27-49-51(34-44)56-41-22-18-37(19-23-41)46-14-4-5-15-47(46)48-16-7-17-50(56)52(48)49/h1-14,16-18,20,22,26-28,31,33-34,36-38,41-42,47-48,52H,15,19,21,23-25,29-30,32,35H2/t36?,37?,38-,41?,42?,47?,48-,52?,53?,54-/m1/s1. The number of hydrogen-bond acceptors (Lipinski definition) is 3. The summed E-state index contributed by atoms with van der Waals surface area (Å²) < 4.78 is 0. The Kier molecular flexibility index (Phi) is 7.09. The van der Waals surface area contributed by atoms with Gasteiger partial charge >= 0.3 is 0 Å². The van der Waals surface area contributed by atoms with Crippen LogP contribution in [-0.2, 0) is 0 Å². The van der Waals surface area contributed by atoms with Gasteiger partial charge in [-0.05, 0) is 148 Å². The van der Waals surface area contributed by atoms with Crippen LogP contribution in [0, 0.1) is 35.0 Å². The van der Waals surface area contributed by atoms with E-state index in [0.717, 1.165) is 19.3 Å². The first kappa shape index (κ1) is 33.0. The zero-order valence-electron chi connectivity index (χ0n) is 33.0. The summed E-state index contributed by atoms with van der Waals surface area (Å²) in [5, 5.41) is 0. The summed E-state index contributed by atoms with van der Waals surface area (Å²) >= 11 is 0. The zero-order valence-corrected chi connectivity index (χ0v) is 33.0. The molecular formula is C54H53N3. The van der Waals surface area contributed by atoms with Gasteiger partial charge < -0.3 is 14.7 Å². The van der Waals surface area contributed by atoms with Gasteiger partial charge in [-0.1, -0.05) is 114 Å². The van der Waals surface area contributed by atoms with Crippen molar-refractivity contribution in [2.45, 2.75) is 87.7 Å². The van der Waals surface area contributed by atoms with Gasteiger partial charge in [0, 0.05) is 51.5 Å². The molecule has 3 nitrogen and oxygen atoms in total. The SMILES string of the molecule is C1=CCC2C(=C1)C1C=CC(CC1)N1C3=CC=C[C@H]2C3c2ccc(N(c3ccccc3)c3cccc(N4C5CC=C(CC5)C56C=CC(CC5)[C@@H]5C=CC[C@]46C5)c3)cc21. The molecule has 284 valence electrons. The van der Waals surface area contributed by atoms with Crippen LogP contribution in [0.25, 0.3) is 0 Å². The lowest BCUT2D eigenvalue weighted by Crippen LogP contribution is -2.61. The molecule has 16 rings (SSSR count). The molecule has 5 heterocycles. The molecule has 2 spiro atoms. The molecule has 10 atom stereocenters. The highest BCUT2D eigenvalue weighted by Gasteiger charge is 2.62.